The second-order valence-corrected chi connectivity index (χ2v) is 2.24. The highest BCUT2D eigenvalue weighted by atomic mass is 32.1. The van der Waals surface area contributed by atoms with Crippen LogP contribution >= 0.6 is 12.2 Å². The summed E-state index contributed by atoms with van der Waals surface area (Å²) >= 11 is 4.77. The number of carbonyl (C=O) groups is 1. The highest BCUT2D eigenvalue weighted by Gasteiger charge is 1.98. The van der Waals surface area contributed by atoms with Crippen molar-refractivity contribution in [2.45, 2.75) is 6.42 Å². The van der Waals surface area contributed by atoms with E-state index in [9.17, 15) is 4.79 Å². The predicted octanol–water partition coefficient (Wildman–Crippen LogP) is -0.357. The molecule has 0 atom stereocenters. The summed E-state index contributed by atoms with van der Waals surface area (Å²) in [6.45, 7) is 0.506. The van der Waals surface area contributed by atoms with E-state index >= 15 is 0 Å². The van der Waals surface area contributed by atoms with E-state index < -0.39 is 0 Å². The van der Waals surface area contributed by atoms with E-state index in [-0.39, 0.29) is 5.97 Å². The Balaban J connectivity index is 3.27. The van der Waals surface area contributed by atoms with Crippen LogP contribution in [0.15, 0.2) is 0 Å². The van der Waals surface area contributed by atoms with Crippen molar-refractivity contribution < 1.29 is 9.53 Å². The molecule has 0 heterocycles. The zero-order valence-electron chi connectivity index (χ0n) is 6.64. The third-order valence-corrected chi connectivity index (χ3v) is 1.42. The topological polar surface area (TPSA) is 50.4 Å². The standard InChI is InChI=1S/C6H12N2O2S/c1-7-6(11)8-4-3-5(9)10-2/h3-4H2,1-2H3,(H2,7,8,11). The fraction of sp³-hybridized carbons (Fsp3) is 0.667. The van der Waals surface area contributed by atoms with Gasteiger partial charge in [0.2, 0.25) is 0 Å². The average molecular weight is 176 g/mol. The number of esters is 1. The Hall–Kier alpha value is -0.840. The molecule has 0 rings (SSSR count). The van der Waals surface area contributed by atoms with E-state index in [4.69, 9.17) is 12.2 Å². The number of thiocarbonyl (C=S) groups is 1. The van der Waals surface area contributed by atoms with Gasteiger partial charge in [-0.2, -0.15) is 0 Å². The molecule has 0 unspecified atom stereocenters. The molecule has 0 aromatic carbocycles. The highest BCUT2D eigenvalue weighted by molar-refractivity contribution is 7.80. The van der Waals surface area contributed by atoms with E-state index in [1.807, 2.05) is 0 Å². The van der Waals surface area contributed by atoms with Crippen molar-refractivity contribution in [3.05, 3.63) is 0 Å². The quantitative estimate of drug-likeness (QED) is 0.454. The van der Waals surface area contributed by atoms with Crippen molar-refractivity contribution in [3.8, 4) is 0 Å². The summed E-state index contributed by atoms with van der Waals surface area (Å²) in [5.74, 6) is -0.239. The summed E-state index contributed by atoms with van der Waals surface area (Å²) in [5, 5.41) is 6.08. The third-order valence-electron chi connectivity index (χ3n) is 1.07. The van der Waals surface area contributed by atoms with Gasteiger partial charge in [-0.25, -0.2) is 0 Å². The molecule has 0 amide bonds. The Morgan fingerprint density at radius 2 is 2.27 bits per heavy atom. The molecule has 64 valence electrons. The maximum Gasteiger partial charge on any atom is 0.307 e. The number of nitrogens with one attached hydrogen (secondary N) is 2. The predicted molar refractivity (Wildman–Crippen MR) is 46.3 cm³/mol. The Morgan fingerprint density at radius 1 is 1.64 bits per heavy atom. The molecule has 0 aliphatic carbocycles. The van der Waals surface area contributed by atoms with Gasteiger partial charge in [-0.05, 0) is 12.2 Å². The van der Waals surface area contributed by atoms with Gasteiger partial charge >= 0.3 is 5.97 Å². The van der Waals surface area contributed by atoms with Crippen LogP contribution in [0.1, 0.15) is 6.42 Å². The van der Waals surface area contributed by atoms with Crippen LogP contribution in [0, 0.1) is 0 Å². The normalized spacial score (nSPS) is 8.55. The molecule has 11 heavy (non-hydrogen) atoms. The molecule has 0 aromatic rings. The van der Waals surface area contributed by atoms with Gasteiger partial charge < -0.3 is 15.4 Å². The van der Waals surface area contributed by atoms with Gasteiger partial charge in [-0.15, -0.1) is 0 Å². The summed E-state index contributed by atoms with van der Waals surface area (Å²) in [6.07, 6.45) is 0.332. The number of carbonyl (C=O) groups excluding carboxylic acids is 1. The fourth-order valence-electron chi connectivity index (χ4n) is 0.469. The van der Waals surface area contributed by atoms with Crippen molar-refractivity contribution in [1.82, 2.24) is 10.6 Å². The molecule has 0 bridgehead atoms. The number of methoxy groups -OCH3 is 1. The van der Waals surface area contributed by atoms with Crippen LogP contribution < -0.4 is 10.6 Å². The average Bonchev–Trinajstić information content (AvgIpc) is 2.04. The zero-order chi connectivity index (χ0) is 8.69. The molecular formula is C6H12N2O2S. The lowest BCUT2D eigenvalue weighted by atomic mass is 10.4. The minimum atomic E-state index is -0.239. The van der Waals surface area contributed by atoms with E-state index in [1.165, 1.54) is 7.11 Å². The summed E-state index contributed by atoms with van der Waals surface area (Å²) in [5.41, 5.74) is 0. The third kappa shape index (κ3) is 5.60. The van der Waals surface area contributed by atoms with Gasteiger partial charge in [-0.1, -0.05) is 0 Å². The van der Waals surface area contributed by atoms with Gasteiger partial charge in [0.05, 0.1) is 13.5 Å². The molecule has 0 saturated carbocycles. The molecule has 0 aliphatic heterocycles. The van der Waals surface area contributed by atoms with Crippen molar-refractivity contribution in [3.63, 3.8) is 0 Å². The van der Waals surface area contributed by atoms with E-state index in [1.54, 1.807) is 7.05 Å². The molecule has 0 saturated heterocycles. The molecule has 4 nitrogen and oxygen atoms in total. The van der Waals surface area contributed by atoms with Gasteiger partial charge in [0.1, 0.15) is 0 Å². The minimum absolute atomic E-state index is 0.239. The minimum Gasteiger partial charge on any atom is -0.469 e. The van der Waals surface area contributed by atoms with Crippen LogP contribution in [0.25, 0.3) is 0 Å². The Morgan fingerprint density at radius 3 is 2.73 bits per heavy atom. The number of hydrogen-bond donors (Lipinski definition) is 2. The number of ether oxygens (including phenoxy) is 1. The molecule has 2 N–H and O–H groups in total. The lowest BCUT2D eigenvalue weighted by molar-refractivity contribution is -0.140. The van der Waals surface area contributed by atoms with Crippen molar-refractivity contribution >= 4 is 23.3 Å². The molecular weight excluding hydrogens is 164 g/mol. The summed E-state index contributed by atoms with van der Waals surface area (Å²) < 4.78 is 4.42. The van der Waals surface area contributed by atoms with E-state index in [0.29, 0.717) is 18.1 Å². The first-order valence-corrected chi connectivity index (χ1v) is 3.64. The van der Waals surface area contributed by atoms with Crippen LogP contribution in [-0.2, 0) is 9.53 Å². The first kappa shape index (κ1) is 10.2. The highest BCUT2D eigenvalue weighted by Crippen LogP contribution is 1.80. The second-order valence-electron chi connectivity index (χ2n) is 1.83. The molecule has 0 aliphatic rings. The van der Waals surface area contributed by atoms with E-state index in [0.717, 1.165) is 0 Å². The lowest BCUT2D eigenvalue weighted by Gasteiger charge is -2.04. The SMILES string of the molecule is CNC(=S)NCCC(=O)OC. The van der Waals surface area contributed by atoms with Crippen molar-refractivity contribution in [2.75, 3.05) is 20.7 Å². The lowest BCUT2D eigenvalue weighted by Crippen LogP contribution is -2.33. The van der Waals surface area contributed by atoms with Gasteiger partial charge in [0.25, 0.3) is 0 Å². The molecule has 0 aromatic heterocycles. The van der Waals surface area contributed by atoms with Crippen LogP contribution in [0.3, 0.4) is 0 Å². The molecule has 0 radical (unpaired) electrons. The van der Waals surface area contributed by atoms with Crippen LogP contribution in [0.4, 0.5) is 0 Å². The number of rotatable bonds is 3. The fourth-order valence-corrected chi connectivity index (χ4v) is 0.571. The molecule has 0 fully saturated rings. The zero-order valence-corrected chi connectivity index (χ0v) is 7.46. The first-order valence-electron chi connectivity index (χ1n) is 3.23. The second kappa shape index (κ2) is 5.91. The summed E-state index contributed by atoms with van der Waals surface area (Å²) in [6, 6.07) is 0. The molecule has 5 heteroatoms. The monoisotopic (exact) mass is 176 g/mol. The first-order chi connectivity index (χ1) is 5.20. The summed E-state index contributed by atoms with van der Waals surface area (Å²) in [7, 11) is 3.08. The smallest absolute Gasteiger partial charge is 0.307 e. The Kier molecular flexibility index (Phi) is 5.46. The molecule has 0 spiro atoms. The van der Waals surface area contributed by atoms with Gasteiger partial charge in [0.15, 0.2) is 5.11 Å². The van der Waals surface area contributed by atoms with Crippen molar-refractivity contribution in [2.24, 2.45) is 0 Å². The Bertz CT molecular complexity index is 134. The van der Waals surface area contributed by atoms with Crippen molar-refractivity contribution in [1.29, 1.82) is 0 Å². The maximum atomic E-state index is 10.6. The Labute approximate surface area is 71.3 Å². The number of hydrogen-bond acceptors (Lipinski definition) is 3. The van der Waals surface area contributed by atoms with Gasteiger partial charge in [-0.3, -0.25) is 4.79 Å². The summed E-state index contributed by atoms with van der Waals surface area (Å²) in [4.78, 5) is 10.6. The van der Waals surface area contributed by atoms with Crippen LogP contribution in [0.2, 0.25) is 0 Å². The van der Waals surface area contributed by atoms with E-state index in [2.05, 4.69) is 15.4 Å². The maximum absolute atomic E-state index is 10.6. The largest absolute Gasteiger partial charge is 0.469 e. The van der Waals surface area contributed by atoms with Crippen LogP contribution in [-0.4, -0.2) is 31.8 Å². The van der Waals surface area contributed by atoms with Gasteiger partial charge in [0, 0.05) is 13.6 Å². The van der Waals surface area contributed by atoms with Crippen LogP contribution in [0.5, 0.6) is 0 Å².